The van der Waals surface area contributed by atoms with E-state index >= 15 is 0 Å². The topological polar surface area (TPSA) is 84.2 Å². The number of aliphatic carboxylic acids is 1. The van der Waals surface area contributed by atoms with Crippen LogP contribution in [0.15, 0.2) is 24.5 Å². The molecule has 1 aromatic rings. The Balaban J connectivity index is 2.05. The zero-order chi connectivity index (χ0) is 13.8. The minimum Gasteiger partial charge on any atom is -0.481 e. The van der Waals surface area contributed by atoms with E-state index in [1.807, 2.05) is 19.1 Å². The summed E-state index contributed by atoms with van der Waals surface area (Å²) >= 11 is 0. The number of allylic oxidation sites excluding steroid dienone is 2. The third-order valence-corrected chi connectivity index (χ3v) is 3.31. The van der Waals surface area contributed by atoms with Crippen LogP contribution in [0.2, 0.25) is 0 Å². The van der Waals surface area contributed by atoms with Gasteiger partial charge in [0.25, 0.3) is 0 Å². The molecule has 0 aromatic carbocycles. The fraction of sp³-hybridized carbons (Fsp3) is 0.462. The summed E-state index contributed by atoms with van der Waals surface area (Å²) in [5.41, 5.74) is 0.602. The molecule has 2 atom stereocenters. The largest absolute Gasteiger partial charge is 0.481 e. The molecular formula is C13H17N3O3. The first-order valence-corrected chi connectivity index (χ1v) is 6.33. The molecule has 2 N–H and O–H groups in total. The van der Waals surface area contributed by atoms with E-state index in [0.29, 0.717) is 18.5 Å². The number of carboxylic acids is 1. The summed E-state index contributed by atoms with van der Waals surface area (Å²) in [6, 6.07) is 0. The molecule has 1 amide bonds. The van der Waals surface area contributed by atoms with Crippen LogP contribution in [0.1, 0.15) is 19.8 Å². The molecule has 0 saturated heterocycles. The van der Waals surface area contributed by atoms with E-state index in [-0.39, 0.29) is 5.91 Å². The average molecular weight is 263 g/mol. The molecule has 1 aliphatic rings. The number of carbonyl (C=O) groups is 2. The van der Waals surface area contributed by atoms with Gasteiger partial charge in [0.2, 0.25) is 5.91 Å². The Kier molecular flexibility index (Phi) is 3.99. The van der Waals surface area contributed by atoms with Crippen molar-refractivity contribution in [2.45, 2.75) is 26.3 Å². The van der Waals surface area contributed by atoms with Crippen LogP contribution < -0.4 is 5.32 Å². The normalized spacial score (nSPS) is 22.2. The van der Waals surface area contributed by atoms with Gasteiger partial charge in [0.1, 0.15) is 0 Å². The first-order chi connectivity index (χ1) is 9.11. The molecular weight excluding hydrogens is 246 g/mol. The Morgan fingerprint density at radius 1 is 1.42 bits per heavy atom. The SMILES string of the molecule is CCn1cc(NC(=O)[C@@H]2CC=CC[C@@H]2C(=O)O)cn1. The molecule has 0 radical (unpaired) electrons. The van der Waals surface area contributed by atoms with E-state index < -0.39 is 17.8 Å². The van der Waals surface area contributed by atoms with Gasteiger partial charge in [-0.25, -0.2) is 0 Å². The van der Waals surface area contributed by atoms with Crippen LogP contribution in [0, 0.1) is 11.8 Å². The van der Waals surface area contributed by atoms with Gasteiger partial charge in [-0.05, 0) is 19.8 Å². The number of carbonyl (C=O) groups excluding carboxylic acids is 1. The van der Waals surface area contributed by atoms with Gasteiger partial charge < -0.3 is 10.4 Å². The Hall–Kier alpha value is -2.11. The minimum atomic E-state index is -0.922. The van der Waals surface area contributed by atoms with E-state index in [9.17, 15) is 9.59 Å². The highest BCUT2D eigenvalue weighted by molar-refractivity contribution is 5.95. The second kappa shape index (κ2) is 5.69. The van der Waals surface area contributed by atoms with Crippen LogP contribution in [0.4, 0.5) is 5.69 Å². The van der Waals surface area contributed by atoms with Crippen molar-refractivity contribution in [3.05, 3.63) is 24.5 Å². The van der Waals surface area contributed by atoms with Gasteiger partial charge in [-0.1, -0.05) is 12.2 Å². The standard InChI is InChI=1S/C13H17N3O3/c1-2-16-8-9(7-14-16)15-12(17)10-5-3-4-6-11(10)13(18)19/h3-4,7-8,10-11H,2,5-6H2,1H3,(H,15,17)(H,18,19)/t10-,11+/m1/s1. The third kappa shape index (κ3) is 3.01. The van der Waals surface area contributed by atoms with Gasteiger partial charge in [0.15, 0.2) is 0 Å². The molecule has 1 heterocycles. The zero-order valence-corrected chi connectivity index (χ0v) is 10.7. The molecule has 0 fully saturated rings. The summed E-state index contributed by atoms with van der Waals surface area (Å²) in [5.74, 6) is -2.35. The zero-order valence-electron chi connectivity index (χ0n) is 10.7. The highest BCUT2D eigenvalue weighted by atomic mass is 16.4. The predicted octanol–water partition coefficient (Wildman–Crippen LogP) is 1.51. The molecule has 6 nitrogen and oxygen atoms in total. The highest BCUT2D eigenvalue weighted by Gasteiger charge is 2.33. The lowest BCUT2D eigenvalue weighted by atomic mass is 9.82. The Morgan fingerprint density at radius 3 is 2.68 bits per heavy atom. The van der Waals surface area contributed by atoms with Crippen LogP contribution in [0.5, 0.6) is 0 Å². The molecule has 1 aliphatic carbocycles. The van der Waals surface area contributed by atoms with Crippen molar-refractivity contribution in [1.82, 2.24) is 9.78 Å². The number of rotatable bonds is 4. The highest BCUT2D eigenvalue weighted by Crippen LogP contribution is 2.27. The predicted molar refractivity (Wildman–Crippen MR) is 69.5 cm³/mol. The van der Waals surface area contributed by atoms with Crippen LogP contribution in [-0.2, 0) is 16.1 Å². The van der Waals surface area contributed by atoms with Crippen molar-refractivity contribution in [2.75, 3.05) is 5.32 Å². The summed E-state index contributed by atoms with van der Waals surface area (Å²) in [5, 5.41) is 15.9. The second-order valence-electron chi connectivity index (χ2n) is 4.57. The van der Waals surface area contributed by atoms with Crippen molar-refractivity contribution in [3.8, 4) is 0 Å². The number of aromatic nitrogens is 2. The number of amides is 1. The van der Waals surface area contributed by atoms with Gasteiger partial charge in [-0.3, -0.25) is 14.3 Å². The number of hydrogen-bond acceptors (Lipinski definition) is 3. The summed E-state index contributed by atoms with van der Waals surface area (Å²) in [7, 11) is 0. The average Bonchev–Trinajstić information content (AvgIpc) is 2.86. The van der Waals surface area contributed by atoms with E-state index in [4.69, 9.17) is 5.11 Å². The maximum Gasteiger partial charge on any atom is 0.307 e. The Bertz CT molecular complexity index is 507. The van der Waals surface area contributed by atoms with Gasteiger partial charge in [-0.15, -0.1) is 0 Å². The number of aryl methyl sites for hydroxylation is 1. The fourth-order valence-corrected chi connectivity index (χ4v) is 2.21. The number of nitrogens with zero attached hydrogens (tertiary/aromatic N) is 2. The van der Waals surface area contributed by atoms with Gasteiger partial charge in [-0.2, -0.15) is 5.10 Å². The molecule has 0 saturated carbocycles. The fourth-order valence-electron chi connectivity index (χ4n) is 2.21. The van der Waals surface area contributed by atoms with Crippen LogP contribution in [0.25, 0.3) is 0 Å². The van der Waals surface area contributed by atoms with Crippen LogP contribution in [-0.4, -0.2) is 26.8 Å². The van der Waals surface area contributed by atoms with Crippen molar-refractivity contribution in [3.63, 3.8) is 0 Å². The maximum absolute atomic E-state index is 12.1. The monoisotopic (exact) mass is 263 g/mol. The molecule has 0 aliphatic heterocycles. The Morgan fingerprint density at radius 2 is 2.11 bits per heavy atom. The van der Waals surface area contributed by atoms with E-state index in [1.165, 1.54) is 0 Å². The smallest absolute Gasteiger partial charge is 0.307 e. The van der Waals surface area contributed by atoms with Crippen LogP contribution in [0.3, 0.4) is 0 Å². The molecule has 0 bridgehead atoms. The summed E-state index contributed by atoms with van der Waals surface area (Å²) < 4.78 is 1.70. The number of hydrogen-bond donors (Lipinski definition) is 2. The number of carboxylic acid groups (broad SMARTS) is 1. The summed E-state index contributed by atoms with van der Waals surface area (Å²) in [6.07, 6.45) is 7.84. The lowest BCUT2D eigenvalue weighted by Gasteiger charge is -2.23. The van der Waals surface area contributed by atoms with Gasteiger partial charge in [0, 0.05) is 12.7 Å². The molecule has 2 rings (SSSR count). The van der Waals surface area contributed by atoms with E-state index in [1.54, 1.807) is 17.1 Å². The van der Waals surface area contributed by atoms with E-state index in [2.05, 4.69) is 10.4 Å². The van der Waals surface area contributed by atoms with E-state index in [0.717, 1.165) is 6.54 Å². The molecule has 1 aromatic heterocycles. The maximum atomic E-state index is 12.1. The van der Waals surface area contributed by atoms with Gasteiger partial charge >= 0.3 is 5.97 Å². The summed E-state index contributed by atoms with van der Waals surface area (Å²) in [4.78, 5) is 23.3. The van der Waals surface area contributed by atoms with Crippen molar-refractivity contribution >= 4 is 17.6 Å². The molecule has 0 unspecified atom stereocenters. The van der Waals surface area contributed by atoms with Gasteiger partial charge in [0.05, 0.1) is 23.7 Å². The molecule has 0 spiro atoms. The first kappa shape index (κ1) is 13.3. The van der Waals surface area contributed by atoms with Crippen LogP contribution >= 0.6 is 0 Å². The minimum absolute atomic E-state index is 0.257. The lowest BCUT2D eigenvalue weighted by molar-refractivity contribution is -0.146. The number of nitrogens with one attached hydrogen (secondary N) is 1. The lowest BCUT2D eigenvalue weighted by Crippen LogP contribution is -2.34. The molecule has 19 heavy (non-hydrogen) atoms. The number of anilines is 1. The quantitative estimate of drug-likeness (QED) is 0.806. The van der Waals surface area contributed by atoms with Crippen molar-refractivity contribution < 1.29 is 14.7 Å². The Labute approximate surface area is 111 Å². The third-order valence-electron chi connectivity index (χ3n) is 3.31. The molecule has 102 valence electrons. The van der Waals surface area contributed by atoms with Crippen molar-refractivity contribution in [1.29, 1.82) is 0 Å². The second-order valence-corrected chi connectivity index (χ2v) is 4.57. The molecule has 6 heteroatoms. The summed E-state index contributed by atoms with van der Waals surface area (Å²) in [6.45, 7) is 2.67. The van der Waals surface area contributed by atoms with Crippen molar-refractivity contribution in [2.24, 2.45) is 11.8 Å². The first-order valence-electron chi connectivity index (χ1n) is 6.33.